The minimum atomic E-state index is 0.364. The zero-order valence-electron chi connectivity index (χ0n) is 10.4. The van der Waals surface area contributed by atoms with Crippen molar-refractivity contribution in [2.75, 3.05) is 39.8 Å². The number of hydrogen-bond acceptors (Lipinski definition) is 3. The Labute approximate surface area is 93.8 Å². The Balaban J connectivity index is 1.80. The molecule has 0 spiro atoms. The summed E-state index contributed by atoms with van der Waals surface area (Å²) < 4.78 is 0. The van der Waals surface area contributed by atoms with Crippen LogP contribution < -0.4 is 5.32 Å². The Morgan fingerprint density at radius 1 is 1.13 bits per heavy atom. The van der Waals surface area contributed by atoms with E-state index in [4.69, 9.17) is 0 Å². The molecule has 2 fully saturated rings. The molecular formula is C12H25N3. The quantitative estimate of drug-likeness (QED) is 0.691. The largest absolute Gasteiger partial charge is 0.310 e. The van der Waals surface area contributed by atoms with E-state index in [0.717, 1.165) is 6.04 Å². The number of hydrogen-bond donors (Lipinski definition) is 1. The second-order valence-corrected chi connectivity index (χ2v) is 5.80. The average Bonchev–Trinajstić information content (AvgIpc) is 2.20. The van der Waals surface area contributed by atoms with Gasteiger partial charge in [-0.15, -0.1) is 0 Å². The van der Waals surface area contributed by atoms with Crippen LogP contribution in [-0.4, -0.2) is 61.2 Å². The van der Waals surface area contributed by atoms with Gasteiger partial charge in [-0.3, -0.25) is 4.90 Å². The second kappa shape index (κ2) is 4.40. The molecule has 0 radical (unpaired) electrons. The molecule has 2 saturated heterocycles. The van der Waals surface area contributed by atoms with E-state index in [1.165, 1.54) is 45.6 Å². The third-order valence-electron chi connectivity index (χ3n) is 3.97. The summed E-state index contributed by atoms with van der Waals surface area (Å²) in [5.41, 5.74) is 0.364. The van der Waals surface area contributed by atoms with Crippen LogP contribution in [0.1, 0.15) is 26.7 Å². The summed E-state index contributed by atoms with van der Waals surface area (Å²) in [6.07, 6.45) is 2.67. The van der Waals surface area contributed by atoms with Gasteiger partial charge in [0.25, 0.3) is 0 Å². The fraction of sp³-hybridized carbons (Fsp3) is 1.00. The number of likely N-dealkylation sites (N-methyl/N-ethyl adjacent to an activating group) is 1. The maximum absolute atomic E-state index is 3.66. The summed E-state index contributed by atoms with van der Waals surface area (Å²) in [6, 6.07) is 0.784. The van der Waals surface area contributed by atoms with Crippen LogP contribution >= 0.6 is 0 Å². The number of piperidine rings is 1. The van der Waals surface area contributed by atoms with Crippen molar-refractivity contribution in [3.05, 3.63) is 0 Å². The normalized spacial score (nSPS) is 34.2. The fourth-order valence-electron chi connectivity index (χ4n) is 2.61. The Bertz CT molecular complexity index is 197. The van der Waals surface area contributed by atoms with Gasteiger partial charge in [0.15, 0.2) is 0 Å². The van der Waals surface area contributed by atoms with Gasteiger partial charge in [-0.2, -0.15) is 0 Å². The van der Waals surface area contributed by atoms with Crippen LogP contribution in [0.2, 0.25) is 0 Å². The highest BCUT2D eigenvalue weighted by atomic mass is 15.3. The Kier molecular flexibility index (Phi) is 3.33. The summed E-state index contributed by atoms with van der Waals surface area (Å²) in [4.78, 5) is 5.10. The number of rotatable bonds is 1. The van der Waals surface area contributed by atoms with Gasteiger partial charge < -0.3 is 10.2 Å². The van der Waals surface area contributed by atoms with E-state index in [0.29, 0.717) is 5.54 Å². The van der Waals surface area contributed by atoms with Crippen molar-refractivity contribution in [3.63, 3.8) is 0 Å². The summed E-state index contributed by atoms with van der Waals surface area (Å²) in [7, 11) is 2.22. The zero-order valence-corrected chi connectivity index (χ0v) is 10.4. The van der Waals surface area contributed by atoms with E-state index in [1.807, 2.05) is 0 Å². The van der Waals surface area contributed by atoms with E-state index >= 15 is 0 Å². The molecule has 1 unspecified atom stereocenters. The summed E-state index contributed by atoms with van der Waals surface area (Å²) in [6.45, 7) is 10.8. The highest BCUT2D eigenvalue weighted by Crippen LogP contribution is 2.21. The van der Waals surface area contributed by atoms with Crippen LogP contribution in [0.5, 0.6) is 0 Å². The molecule has 2 heterocycles. The van der Waals surface area contributed by atoms with Gasteiger partial charge in [0.05, 0.1) is 0 Å². The predicted octanol–water partition coefficient (Wildman–Crippen LogP) is 0.764. The van der Waals surface area contributed by atoms with Gasteiger partial charge >= 0.3 is 0 Å². The minimum absolute atomic E-state index is 0.364. The Hall–Kier alpha value is -0.120. The highest BCUT2D eigenvalue weighted by molar-refractivity contribution is 4.90. The maximum atomic E-state index is 3.66. The predicted molar refractivity (Wildman–Crippen MR) is 64.2 cm³/mol. The molecule has 2 aliphatic heterocycles. The van der Waals surface area contributed by atoms with Crippen LogP contribution in [0.4, 0.5) is 0 Å². The van der Waals surface area contributed by atoms with E-state index in [9.17, 15) is 0 Å². The van der Waals surface area contributed by atoms with Crippen LogP contribution in [0.15, 0.2) is 0 Å². The summed E-state index contributed by atoms with van der Waals surface area (Å²) >= 11 is 0. The lowest BCUT2D eigenvalue weighted by atomic mass is 9.90. The molecular weight excluding hydrogens is 186 g/mol. The molecule has 0 saturated carbocycles. The van der Waals surface area contributed by atoms with Crippen molar-refractivity contribution in [2.24, 2.45) is 0 Å². The zero-order chi connectivity index (χ0) is 10.9. The molecule has 0 aromatic rings. The molecule has 0 aromatic carbocycles. The molecule has 88 valence electrons. The third-order valence-corrected chi connectivity index (χ3v) is 3.97. The molecule has 2 rings (SSSR count). The Morgan fingerprint density at radius 2 is 1.80 bits per heavy atom. The molecule has 2 aliphatic rings. The Morgan fingerprint density at radius 3 is 2.33 bits per heavy atom. The first-order valence-electron chi connectivity index (χ1n) is 6.24. The van der Waals surface area contributed by atoms with Crippen LogP contribution in [0, 0.1) is 0 Å². The average molecular weight is 211 g/mol. The maximum Gasteiger partial charge on any atom is 0.0222 e. The summed E-state index contributed by atoms with van der Waals surface area (Å²) in [5, 5.41) is 3.66. The van der Waals surface area contributed by atoms with Crippen molar-refractivity contribution in [3.8, 4) is 0 Å². The molecule has 0 aliphatic carbocycles. The topological polar surface area (TPSA) is 18.5 Å². The molecule has 0 amide bonds. The first kappa shape index (κ1) is 11.4. The number of piperazine rings is 1. The highest BCUT2D eigenvalue weighted by Gasteiger charge is 2.30. The third kappa shape index (κ3) is 2.92. The van der Waals surface area contributed by atoms with Gasteiger partial charge in [-0.05, 0) is 33.7 Å². The lowest BCUT2D eigenvalue weighted by Crippen LogP contribution is -2.57. The number of nitrogens with zero attached hydrogens (tertiary/aromatic N) is 2. The second-order valence-electron chi connectivity index (χ2n) is 5.80. The smallest absolute Gasteiger partial charge is 0.0222 e. The summed E-state index contributed by atoms with van der Waals surface area (Å²) in [5.74, 6) is 0. The van der Waals surface area contributed by atoms with Crippen LogP contribution in [0.25, 0.3) is 0 Å². The van der Waals surface area contributed by atoms with Crippen molar-refractivity contribution in [2.45, 2.75) is 38.3 Å². The fourth-order valence-corrected chi connectivity index (χ4v) is 2.61. The molecule has 0 aromatic heterocycles. The van der Waals surface area contributed by atoms with E-state index < -0.39 is 0 Å². The van der Waals surface area contributed by atoms with E-state index in [-0.39, 0.29) is 0 Å². The van der Waals surface area contributed by atoms with E-state index in [1.54, 1.807) is 0 Å². The van der Waals surface area contributed by atoms with Crippen molar-refractivity contribution in [1.82, 2.24) is 15.1 Å². The van der Waals surface area contributed by atoms with Gasteiger partial charge in [0.1, 0.15) is 0 Å². The first-order chi connectivity index (χ1) is 7.07. The van der Waals surface area contributed by atoms with Crippen LogP contribution in [0.3, 0.4) is 0 Å². The van der Waals surface area contributed by atoms with Gasteiger partial charge in [-0.25, -0.2) is 0 Å². The van der Waals surface area contributed by atoms with Gasteiger partial charge in [0.2, 0.25) is 0 Å². The standard InChI is InChI=1S/C12H25N3/c1-12(2)5-4-11(10-13-12)15-8-6-14(3)7-9-15/h11,13H,4-10H2,1-3H3. The monoisotopic (exact) mass is 211 g/mol. The molecule has 1 atom stereocenters. The van der Waals surface area contributed by atoms with Gasteiger partial charge in [-0.1, -0.05) is 0 Å². The van der Waals surface area contributed by atoms with Crippen molar-refractivity contribution >= 4 is 0 Å². The molecule has 3 nitrogen and oxygen atoms in total. The van der Waals surface area contributed by atoms with Crippen molar-refractivity contribution in [1.29, 1.82) is 0 Å². The molecule has 1 N–H and O–H groups in total. The lowest BCUT2D eigenvalue weighted by molar-refractivity contribution is 0.0806. The van der Waals surface area contributed by atoms with E-state index in [2.05, 4.69) is 36.0 Å². The molecule has 0 bridgehead atoms. The molecule has 15 heavy (non-hydrogen) atoms. The first-order valence-corrected chi connectivity index (χ1v) is 6.24. The van der Waals surface area contributed by atoms with Crippen molar-refractivity contribution < 1.29 is 0 Å². The molecule has 3 heteroatoms. The minimum Gasteiger partial charge on any atom is -0.310 e. The van der Waals surface area contributed by atoms with Gasteiger partial charge in [0, 0.05) is 44.3 Å². The number of nitrogens with one attached hydrogen (secondary N) is 1. The lowest BCUT2D eigenvalue weighted by Gasteiger charge is -2.43. The SMILES string of the molecule is CN1CCN(C2CCC(C)(C)NC2)CC1. The van der Waals surface area contributed by atoms with Crippen LogP contribution in [-0.2, 0) is 0 Å².